The Morgan fingerprint density at radius 1 is 1.18 bits per heavy atom. The summed E-state index contributed by atoms with van der Waals surface area (Å²) in [5, 5.41) is 16.9. The van der Waals surface area contributed by atoms with Crippen molar-refractivity contribution in [2.45, 2.75) is 13.5 Å². The average molecular weight is 483 g/mol. The number of hydrogen-bond donors (Lipinski definition) is 4. The third-order valence-electron chi connectivity index (χ3n) is 4.91. The molecule has 3 rings (SSSR count). The zero-order valence-corrected chi connectivity index (χ0v) is 19.7. The second-order valence-corrected chi connectivity index (χ2v) is 7.91. The molecule has 0 heterocycles. The van der Waals surface area contributed by atoms with E-state index in [1.807, 2.05) is 37.3 Å². The van der Waals surface area contributed by atoms with E-state index in [1.54, 1.807) is 13.2 Å². The topological polar surface area (TPSA) is 118 Å². The number of hydrazone groups is 1. The molecule has 0 unspecified atom stereocenters. The molecule has 1 amide bonds. The lowest BCUT2D eigenvalue weighted by Gasteiger charge is -2.14. The van der Waals surface area contributed by atoms with Crippen LogP contribution in [0.4, 0.5) is 5.69 Å². The van der Waals surface area contributed by atoms with E-state index in [0.29, 0.717) is 24.7 Å². The van der Waals surface area contributed by atoms with E-state index in [1.165, 1.54) is 24.4 Å². The molecule has 34 heavy (non-hydrogen) atoms. The Balaban J connectivity index is 1.54. The smallest absolute Gasteiger partial charge is 0.271 e. The number of nitrogens with two attached hydrogens (primary N) is 1. The second-order valence-electron chi connectivity index (χ2n) is 7.50. The van der Waals surface area contributed by atoms with Crippen LogP contribution in [-0.4, -0.2) is 37.5 Å². The molecule has 0 spiro atoms. The standard InChI is InChI=1S/C25H27ClN4O4/c1-16-11-18(15-29-30-25(32)19-5-8-22(31)21(26)13-19)12-23(33-2)24(16)34-10-9-28-14-17-3-6-20(27)7-4-17/h3-8,11-13,15,28,31H,9-10,14,27H2,1-2H3,(H,30,32)/b29-15+. The van der Waals surface area contributed by atoms with Crippen molar-refractivity contribution in [3.05, 3.63) is 81.9 Å². The van der Waals surface area contributed by atoms with Crippen molar-refractivity contribution in [1.29, 1.82) is 0 Å². The number of aryl methyl sites for hydroxylation is 1. The number of nitrogen functional groups attached to an aromatic ring is 1. The summed E-state index contributed by atoms with van der Waals surface area (Å²) in [5.41, 5.74) is 11.9. The number of aromatic hydroxyl groups is 1. The molecule has 0 bridgehead atoms. The lowest BCUT2D eigenvalue weighted by molar-refractivity contribution is 0.0955. The maximum atomic E-state index is 12.2. The molecule has 9 heteroatoms. The Hall–Kier alpha value is -3.75. The predicted molar refractivity (Wildman–Crippen MR) is 134 cm³/mol. The number of anilines is 1. The van der Waals surface area contributed by atoms with Gasteiger partial charge in [0.25, 0.3) is 5.91 Å². The van der Waals surface area contributed by atoms with E-state index < -0.39 is 5.91 Å². The molecule has 0 atom stereocenters. The Bertz CT molecular complexity index is 1170. The van der Waals surface area contributed by atoms with Gasteiger partial charge in [-0.05, 0) is 66.1 Å². The average Bonchev–Trinajstić information content (AvgIpc) is 2.82. The first-order valence-electron chi connectivity index (χ1n) is 10.6. The van der Waals surface area contributed by atoms with Crippen LogP contribution in [0.3, 0.4) is 0 Å². The molecule has 0 aromatic heterocycles. The molecule has 5 N–H and O–H groups in total. The molecule has 0 saturated heterocycles. The molecule has 0 aliphatic rings. The summed E-state index contributed by atoms with van der Waals surface area (Å²) in [6, 6.07) is 15.5. The Morgan fingerprint density at radius 2 is 1.94 bits per heavy atom. The highest BCUT2D eigenvalue weighted by atomic mass is 35.5. The van der Waals surface area contributed by atoms with Crippen LogP contribution in [0.15, 0.2) is 59.7 Å². The van der Waals surface area contributed by atoms with Crippen molar-refractivity contribution in [2.75, 3.05) is 26.0 Å². The predicted octanol–water partition coefficient (Wildman–Crippen LogP) is 3.88. The maximum Gasteiger partial charge on any atom is 0.271 e. The van der Waals surface area contributed by atoms with Crippen molar-refractivity contribution in [1.82, 2.24) is 10.7 Å². The van der Waals surface area contributed by atoms with Gasteiger partial charge < -0.3 is 25.6 Å². The van der Waals surface area contributed by atoms with Crippen molar-refractivity contribution in [3.63, 3.8) is 0 Å². The molecule has 0 aliphatic carbocycles. The van der Waals surface area contributed by atoms with Gasteiger partial charge in [-0.15, -0.1) is 0 Å². The highest BCUT2D eigenvalue weighted by Gasteiger charge is 2.11. The molecule has 0 saturated carbocycles. The number of phenols is 1. The summed E-state index contributed by atoms with van der Waals surface area (Å²) in [6.45, 7) is 3.75. The van der Waals surface area contributed by atoms with Crippen LogP contribution in [-0.2, 0) is 6.54 Å². The van der Waals surface area contributed by atoms with Crippen LogP contribution >= 0.6 is 11.6 Å². The largest absolute Gasteiger partial charge is 0.506 e. The van der Waals surface area contributed by atoms with E-state index in [9.17, 15) is 9.90 Å². The number of amides is 1. The molecule has 8 nitrogen and oxygen atoms in total. The first-order valence-corrected chi connectivity index (χ1v) is 10.9. The fraction of sp³-hybridized carbons (Fsp3) is 0.200. The lowest BCUT2D eigenvalue weighted by Crippen LogP contribution is -2.21. The van der Waals surface area contributed by atoms with Gasteiger partial charge in [0.15, 0.2) is 11.5 Å². The maximum absolute atomic E-state index is 12.2. The number of carbonyl (C=O) groups excluding carboxylic acids is 1. The summed E-state index contributed by atoms with van der Waals surface area (Å²) in [7, 11) is 1.57. The number of rotatable bonds is 10. The SMILES string of the molecule is COc1cc(/C=N/NC(=O)c2ccc(O)c(Cl)c2)cc(C)c1OCCNCc1ccc(N)cc1. The van der Waals surface area contributed by atoms with Crippen LogP contribution in [0.5, 0.6) is 17.2 Å². The van der Waals surface area contributed by atoms with Gasteiger partial charge in [0.1, 0.15) is 12.4 Å². The van der Waals surface area contributed by atoms with Crippen molar-refractivity contribution >= 4 is 29.4 Å². The Labute approximate surface area is 203 Å². The molecule has 3 aromatic rings. The van der Waals surface area contributed by atoms with Gasteiger partial charge in [-0.2, -0.15) is 5.10 Å². The van der Waals surface area contributed by atoms with Gasteiger partial charge in [0, 0.05) is 24.3 Å². The van der Waals surface area contributed by atoms with Gasteiger partial charge in [0.05, 0.1) is 18.3 Å². The van der Waals surface area contributed by atoms with E-state index in [4.69, 9.17) is 26.8 Å². The molecular weight excluding hydrogens is 456 g/mol. The number of nitrogens with zero attached hydrogens (tertiary/aromatic N) is 1. The van der Waals surface area contributed by atoms with E-state index >= 15 is 0 Å². The van der Waals surface area contributed by atoms with Gasteiger partial charge in [-0.1, -0.05) is 23.7 Å². The highest BCUT2D eigenvalue weighted by molar-refractivity contribution is 6.32. The van der Waals surface area contributed by atoms with Gasteiger partial charge in [0.2, 0.25) is 0 Å². The van der Waals surface area contributed by atoms with Gasteiger partial charge >= 0.3 is 0 Å². The normalized spacial score (nSPS) is 10.9. The van der Waals surface area contributed by atoms with Crippen LogP contribution in [0.1, 0.15) is 27.0 Å². The minimum atomic E-state index is -0.451. The summed E-state index contributed by atoms with van der Waals surface area (Å²) in [6.07, 6.45) is 1.51. The molecule has 0 fully saturated rings. The number of hydrogen-bond acceptors (Lipinski definition) is 7. The van der Waals surface area contributed by atoms with Crippen molar-refractivity contribution < 1.29 is 19.4 Å². The fourth-order valence-corrected chi connectivity index (χ4v) is 3.33. The Kier molecular flexibility index (Phi) is 8.73. The zero-order chi connectivity index (χ0) is 24.5. The summed E-state index contributed by atoms with van der Waals surface area (Å²) < 4.78 is 11.4. The third kappa shape index (κ3) is 6.87. The quantitative estimate of drug-likeness (QED) is 0.151. The van der Waals surface area contributed by atoms with Gasteiger partial charge in [-0.25, -0.2) is 5.43 Å². The first-order chi connectivity index (χ1) is 16.4. The minimum absolute atomic E-state index is 0.0908. The molecular formula is C25H27ClN4O4. The number of methoxy groups -OCH3 is 1. The lowest BCUT2D eigenvalue weighted by atomic mass is 10.1. The van der Waals surface area contributed by atoms with Crippen molar-refractivity contribution in [2.24, 2.45) is 5.10 Å². The molecule has 0 radical (unpaired) electrons. The van der Waals surface area contributed by atoms with E-state index in [-0.39, 0.29) is 16.3 Å². The van der Waals surface area contributed by atoms with Crippen LogP contribution in [0.2, 0.25) is 5.02 Å². The highest BCUT2D eigenvalue weighted by Crippen LogP contribution is 2.32. The number of ether oxygens (including phenoxy) is 2. The molecule has 178 valence electrons. The monoisotopic (exact) mass is 482 g/mol. The first kappa shape index (κ1) is 24.9. The molecule has 3 aromatic carbocycles. The van der Waals surface area contributed by atoms with Gasteiger partial charge in [-0.3, -0.25) is 4.79 Å². The fourth-order valence-electron chi connectivity index (χ4n) is 3.15. The number of benzene rings is 3. The third-order valence-corrected chi connectivity index (χ3v) is 5.21. The Morgan fingerprint density at radius 3 is 2.65 bits per heavy atom. The van der Waals surface area contributed by atoms with E-state index in [0.717, 1.165) is 28.9 Å². The number of nitrogens with one attached hydrogen (secondary N) is 2. The van der Waals surface area contributed by atoms with Crippen LogP contribution < -0.4 is 25.9 Å². The minimum Gasteiger partial charge on any atom is -0.506 e. The summed E-state index contributed by atoms with van der Waals surface area (Å²) >= 11 is 5.84. The molecule has 0 aliphatic heterocycles. The second kappa shape index (κ2) is 11.9. The van der Waals surface area contributed by atoms with E-state index in [2.05, 4.69) is 15.8 Å². The number of phenolic OH excluding ortho intramolecular Hbond substituents is 1. The van der Waals surface area contributed by atoms with Crippen LogP contribution in [0.25, 0.3) is 0 Å². The van der Waals surface area contributed by atoms with Crippen molar-refractivity contribution in [3.8, 4) is 17.2 Å². The number of halogens is 1. The van der Waals surface area contributed by atoms with Crippen LogP contribution in [0, 0.1) is 6.92 Å². The zero-order valence-electron chi connectivity index (χ0n) is 19.0. The summed E-state index contributed by atoms with van der Waals surface area (Å²) in [5.74, 6) is 0.672. The number of carbonyl (C=O) groups is 1. The summed E-state index contributed by atoms with van der Waals surface area (Å²) in [4.78, 5) is 12.2.